The molecule has 0 aliphatic heterocycles. The van der Waals surface area contributed by atoms with E-state index in [1.54, 1.807) is 17.0 Å². The van der Waals surface area contributed by atoms with E-state index < -0.39 is 0 Å². The Bertz CT molecular complexity index is 628. The minimum Gasteiger partial charge on any atom is -0.322 e. The van der Waals surface area contributed by atoms with Gasteiger partial charge in [0.25, 0.3) is 0 Å². The van der Waals surface area contributed by atoms with Crippen molar-refractivity contribution in [2.24, 2.45) is 0 Å². The first kappa shape index (κ1) is 15.5. The summed E-state index contributed by atoms with van der Waals surface area (Å²) in [7, 11) is 1.82. The van der Waals surface area contributed by atoms with Crippen LogP contribution < -0.4 is 10.2 Å². The van der Waals surface area contributed by atoms with Crippen molar-refractivity contribution in [2.45, 2.75) is 6.42 Å². The summed E-state index contributed by atoms with van der Waals surface area (Å²) in [4.78, 5) is 13.7. The first-order chi connectivity index (χ1) is 10.1. The molecule has 1 amide bonds. The summed E-state index contributed by atoms with van der Waals surface area (Å²) < 4.78 is 0. The van der Waals surface area contributed by atoms with Crippen LogP contribution in [0.4, 0.5) is 5.69 Å². The second kappa shape index (κ2) is 7.20. The van der Waals surface area contributed by atoms with Gasteiger partial charge in [0.1, 0.15) is 0 Å². The number of carbonyl (C=O) groups is 1. The van der Waals surface area contributed by atoms with Gasteiger partial charge >= 0.3 is 0 Å². The molecular formula is C16H15ClN2OS. The van der Waals surface area contributed by atoms with Crippen molar-refractivity contribution < 1.29 is 4.79 Å². The molecule has 21 heavy (non-hydrogen) atoms. The fraction of sp³-hybridized carbons (Fsp3) is 0.125. The van der Waals surface area contributed by atoms with E-state index in [1.807, 2.05) is 49.5 Å². The molecule has 0 aliphatic rings. The lowest BCUT2D eigenvalue weighted by molar-refractivity contribution is -0.119. The molecule has 2 aromatic carbocycles. The summed E-state index contributed by atoms with van der Waals surface area (Å²) in [5, 5.41) is 3.75. The molecule has 2 rings (SSSR count). The maximum Gasteiger partial charge on any atom is 0.230 e. The van der Waals surface area contributed by atoms with Crippen LogP contribution in [0.3, 0.4) is 0 Å². The first-order valence-corrected chi connectivity index (χ1v) is 7.22. The van der Waals surface area contributed by atoms with Gasteiger partial charge in [-0.1, -0.05) is 41.9 Å². The van der Waals surface area contributed by atoms with Crippen LogP contribution in [0.15, 0.2) is 54.6 Å². The Hall–Kier alpha value is -1.91. The summed E-state index contributed by atoms with van der Waals surface area (Å²) in [6.45, 7) is 0. The number of benzene rings is 2. The molecule has 0 spiro atoms. The molecule has 0 heterocycles. The second-order valence-electron chi connectivity index (χ2n) is 4.55. The summed E-state index contributed by atoms with van der Waals surface area (Å²) in [6.07, 6.45) is 0.264. The zero-order chi connectivity index (χ0) is 15.2. The maximum absolute atomic E-state index is 12.0. The number of hydrogen-bond donors (Lipinski definition) is 1. The predicted octanol–water partition coefficient (Wildman–Crippen LogP) is 3.42. The third kappa shape index (κ3) is 4.55. The number of rotatable bonds is 3. The van der Waals surface area contributed by atoms with Crippen LogP contribution in [-0.2, 0) is 11.2 Å². The lowest BCUT2D eigenvalue weighted by atomic mass is 10.1. The van der Waals surface area contributed by atoms with Gasteiger partial charge in [-0.05, 0) is 42.0 Å². The smallest absolute Gasteiger partial charge is 0.230 e. The monoisotopic (exact) mass is 318 g/mol. The van der Waals surface area contributed by atoms with E-state index in [2.05, 4.69) is 5.32 Å². The standard InChI is InChI=1S/C16H15ClN2OS/c1-19(14-5-3-2-4-6-14)16(21)18-15(20)11-12-7-9-13(17)10-8-12/h2-10H,11H2,1H3,(H,18,20,21). The Balaban J connectivity index is 1.93. The van der Waals surface area contributed by atoms with Gasteiger partial charge < -0.3 is 10.2 Å². The first-order valence-electron chi connectivity index (χ1n) is 6.43. The molecule has 0 aliphatic carbocycles. The average molecular weight is 319 g/mol. The average Bonchev–Trinajstić information content (AvgIpc) is 2.49. The number of nitrogens with zero attached hydrogens (tertiary/aromatic N) is 1. The highest BCUT2D eigenvalue weighted by Crippen LogP contribution is 2.12. The van der Waals surface area contributed by atoms with Crippen LogP contribution in [0.2, 0.25) is 5.02 Å². The quantitative estimate of drug-likeness (QED) is 0.880. The number of para-hydroxylation sites is 1. The van der Waals surface area contributed by atoms with Crippen molar-refractivity contribution in [1.82, 2.24) is 5.32 Å². The summed E-state index contributed by atoms with van der Waals surface area (Å²) >= 11 is 11.1. The summed E-state index contributed by atoms with van der Waals surface area (Å²) in [6, 6.07) is 16.8. The summed E-state index contributed by atoms with van der Waals surface area (Å²) in [5.74, 6) is -0.148. The lowest BCUT2D eigenvalue weighted by Crippen LogP contribution is -2.41. The van der Waals surface area contributed by atoms with Gasteiger partial charge in [-0.2, -0.15) is 0 Å². The number of amides is 1. The highest BCUT2D eigenvalue weighted by atomic mass is 35.5. The van der Waals surface area contributed by atoms with Crippen LogP contribution in [0.25, 0.3) is 0 Å². The van der Waals surface area contributed by atoms with Crippen molar-refractivity contribution in [3.8, 4) is 0 Å². The van der Waals surface area contributed by atoms with E-state index >= 15 is 0 Å². The van der Waals surface area contributed by atoms with E-state index in [0.29, 0.717) is 10.1 Å². The Labute approximate surface area is 134 Å². The number of halogens is 1. The highest BCUT2D eigenvalue weighted by molar-refractivity contribution is 7.80. The van der Waals surface area contributed by atoms with Crippen molar-refractivity contribution in [1.29, 1.82) is 0 Å². The SMILES string of the molecule is CN(C(=S)NC(=O)Cc1ccc(Cl)cc1)c1ccccc1. The zero-order valence-electron chi connectivity index (χ0n) is 11.5. The van der Waals surface area contributed by atoms with E-state index in [0.717, 1.165) is 11.3 Å². The Morgan fingerprint density at radius 3 is 2.38 bits per heavy atom. The molecular weight excluding hydrogens is 304 g/mol. The minimum atomic E-state index is -0.148. The van der Waals surface area contributed by atoms with E-state index in [4.69, 9.17) is 23.8 Å². The maximum atomic E-state index is 12.0. The fourth-order valence-corrected chi connectivity index (χ4v) is 2.15. The number of nitrogens with one attached hydrogen (secondary N) is 1. The third-order valence-corrected chi connectivity index (χ3v) is 3.60. The lowest BCUT2D eigenvalue weighted by Gasteiger charge is -2.20. The van der Waals surface area contributed by atoms with Crippen molar-refractivity contribution in [3.05, 3.63) is 65.2 Å². The van der Waals surface area contributed by atoms with Crippen LogP contribution in [0.1, 0.15) is 5.56 Å². The molecule has 0 saturated carbocycles. The fourth-order valence-electron chi connectivity index (χ4n) is 1.80. The largest absolute Gasteiger partial charge is 0.322 e. The number of thiocarbonyl (C=S) groups is 1. The molecule has 1 N–H and O–H groups in total. The zero-order valence-corrected chi connectivity index (χ0v) is 13.1. The molecule has 0 fully saturated rings. The number of hydrogen-bond acceptors (Lipinski definition) is 2. The Morgan fingerprint density at radius 1 is 1.14 bits per heavy atom. The normalized spacial score (nSPS) is 10.0. The molecule has 0 atom stereocenters. The van der Waals surface area contributed by atoms with E-state index in [9.17, 15) is 4.79 Å². The van der Waals surface area contributed by atoms with Crippen LogP contribution >= 0.6 is 23.8 Å². The van der Waals surface area contributed by atoms with E-state index in [1.165, 1.54) is 0 Å². The van der Waals surface area contributed by atoms with Gasteiger partial charge in [0.15, 0.2) is 5.11 Å². The molecule has 0 bridgehead atoms. The van der Waals surface area contributed by atoms with Gasteiger partial charge in [0.2, 0.25) is 5.91 Å². The Morgan fingerprint density at radius 2 is 1.76 bits per heavy atom. The van der Waals surface area contributed by atoms with Gasteiger partial charge in [-0.3, -0.25) is 4.79 Å². The molecule has 3 nitrogen and oxygen atoms in total. The Kier molecular flexibility index (Phi) is 5.31. The van der Waals surface area contributed by atoms with Gasteiger partial charge in [-0.15, -0.1) is 0 Å². The van der Waals surface area contributed by atoms with Crippen LogP contribution in [0, 0.1) is 0 Å². The number of carbonyl (C=O) groups excluding carboxylic acids is 1. The second-order valence-corrected chi connectivity index (χ2v) is 5.37. The molecule has 5 heteroatoms. The molecule has 0 aromatic heterocycles. The van der Waals surface area contributed by atoms with Gasteiger partial charge in [0, 0.05) is 17.8 Å². The third-order valence-electron chi connectivity index (χ3n) is 2.97. The van der Waals surface area contributed by atoms with Crippen molar-refractivity contribution in [2.75, 3.05) is 11.9 Å². The molecule has 2 aromatic rings. The predicted molar refractivity (Wildman–Crippen MR) is 90.7 cm³/mol. The van der Waals surface area contributed by atoms with E-state index in [-0.39, 0.29) is 12.3 Å². The number of anilines is 1. The molecule has 0 saturated heterocycles. The van der Waals surface area contributed by atoms with Gasteiger partial charge in [0.05, 0.1) is 6.42 Å². The van der Waals surface area contributed by atoms with Gasteiger partial charge in [-0.25, -0.2) is 0 Å². The van der Waals surface area contributed by atoms with Crippen LogP contribution in [0.5, 0.6) is 0 Å². The van der Waals surface area contributed by atoms with Crippen LogP contribution in [-0.4, -0.2) is 18.1 Å². The van der Waals surface area contributed by atoms with Crippen molar-refractivity contribution in [3.63, 3.8) is 0 Å². The summed E-state index contributed by atoms with van der Waals surface area (Å²) in [5.41, 5.74) is 1.82. The molecule has 108 valence electrons. The topological polar surface area (TPSA) is 32.3 Å². The van der Waals surface area contributed by atoms with Crippen molar-refractivity contribution >= 4 is 40.5 Å². The highest BCUT2D eigenvalue weighted by Gasteiger charge is 2.10. The molecule has 0 unspecified atom stereocenters. The molecule has 0 radical (unpaired) electrons. The minimum absolute atomic E-state index is 0.148.